The van der Waals surface area contributed by atoms with Crippen molar-refractivity contribution in [3.63, 3.8) is 0 Å². The van der Waals surface area contributed by atoms with Crippen LogP contribution in [0.15, 0.2) is 0 Å². The van der Waals surface area contributed by atoms with E-state index in [2.05, 4.69) is 5.32 Å². The van der Waals surface area contributed by atoms with Gasteiger partial charge < -0.3 is 10.1 Å². The molecule has 15 heavy (non-hydrogen) atoms. The van der Waals surface area contributed by atoms with E-state index >= 15 is 0 Å². The van der Waals surface area contributed by atoms with Crippen molar-refractivity contribution in [1.29, 1.82) is 0 Å². The fourth-order valence-corrected chi connectivity index (χ4v) is 2.02. The van der Waals surface area contributed by atoms with Gasteiger partial charge in [0.05, 0.1) is 12.5 Å². The second kappa shape index (κ2) is 4.29. The van der Waals surface area contributed by atoms with E-state index in [1.54, 1.807) is 7.11 Å². The van der Waals surface area contributed by atoms with Crippen LogP contribution in [0, 0.1) is 5.41 Å². The van der Waals surface area contributed by atoms with Crippen LogP contribution in [0.4, 0.5) is 13.2 Å². The summed E-state index contributed by atoms with van der Waals surface area (Å²) in [4.78, 5) is 0. The Kier molecular flexibility index (Phi) is 3.66. The third kappa shape index (κ3) is 3.08. The van der Waals surface area contributed by atoms with Gasteiger partial charge in [-0.1, -0.05) is 13.8 Å². The quantitative estimate of drug-likeness (QED) is 0.793. The summed E-state index contributed by atoms with van der Waals surface area (Å²) in [7, 11) is 1.64. The van der Waals surface area contributed by atoms with Crippen LogP contribution in [-0.2, 0) is 4.74 Å². The largest absolute Gasteiger partial charge is 0.390 e. The van der Waals surface area contributed by atoms with Crippen molar-refractivity contribution in [1.82, 2.24) is 5.32 Å². The monoisotopic (exact) mass is 225 g/mol. The molecule has 0 bridgehead atoms. The fraction of sp³-hybridized carbons (Fsp3) is 1.00. The number of hydrogen-bond donors (Lipinski definition) is 1. The Labute approximate surface area is 88.2 Å². The lowest BCUT2D eigenvalue weighted by Gasteiger charge is -2.51. The Bertz CT molecular complexity index is 215. The van der Waals surface area contributed by atoms with Crippen LogP contribution >= 0.6 is 0 Å². The number of methoxy groups -OCH3 is 1. The topological polar surface area (TPSA) is 21.3 Å². The van der Waals surface area contributed by atoms with Crippen LogP contribution in [0.5, 0.6) is 0 Å². The van der Waals surface area contributed by atoms with Crippen LogP contribution in [0.3, 0.4) is 0 Å². The van der Waals surface area contributed by atoms with Gasteiger partial charge in [0.2, 0.25) is 0 Å². The van der Waals surface area contributed by atoms with E-state index in [1.165, 1.54) is 0 Å². The molecule has 0 radical (unpaired) electrons. The van der Waals surface area contributed by atoms with Gasteiger partial charge >= 0.3 is 6.18 Å². The van der Waals surface area contributed by atoms with E-state index in [1.807, 2.05) is 13.8 Å². The molecule has 1 aliphatic carbocycles. The van der Waals surface area contributed by atoms with E-state index in [0.29, 0.717) is 0 Å². The maximum absolute atomic E-state index is 11.9. The summed E-state index contributed by atoms with van der Waals surface area (Å²) in [6.45, 7) is 4.01. The first-order chi connectivity index (χ1) is 6.77. The summed E-state index contributed by atoms with van der Waals surface area (Å²) in [5.74, 6) is 0. The van der Waals surface area contributed by atoms with Gasteiger partial charge in [-0.2, -0.15) is 13.2 Å². The third-order valence-corrected chi connectivity index (χ3v) is 3.26. The van der Waals surface area contributed by atoms with E-state index in [4.69, 9.17) is 4.74 Å². The van der Waals surface area contributed by atoms with Gasteiger partial charge in [-0.3, -0.25) is 0 Å². The number of nitrogens with one attached hydrogen (secondary N) is 1. The molecule has 5 heteroatoms. The molecule has 2 nitrogen and oxygen atoms in total. The molecule has 0 aromatic rings. The lowest BCUT2D eigenvalue weighted by atomic mass is 9.64. The molecule has 1 N–H and O–H groups in total. The van der Waals surface area contributed by atoms with Crippen molar-refractivity contribution in [2.24, 2.45) is 5.41 Å². The molecule has 90 valence electrons. The first kappa shape index (κ1) is 12.8. The van der Waals surface area contributed by atoms with Crippen molar-refractivity contribution in [3.8, 4) is 0 Å². The fourth-order valence-electron chi connectivity index (χ4n) is 2.02. The second-order valence-corrected chi connectivity index (χ2v) is 4.65. The summed E-state index contributed by atoms with van der Waals surface area (Å²) >= 11 is 0. The lowest BCUT2D eigenvalue weighted by molar-refractivity contribution is -0.138. The smallest absolute Gasteiger partial charge is 0.381 e. The Morgan fingerprint density at radius 2 is 2.00 bits per heavy atom. The molecule has 1 fully saturated rings. The summed E-state index contributed by atoms with van der Waals surface area (Å²) < 4.78 is 40.9. The first-order valence-corrected chi connectivity index (χ1v) is 5.10. The van der Waals surface area contributed by atoms with Crippen molar-refractivity contribution >= 4 is 0 Å². The molecule has 1 aliphatic rings. The average molecular weight is 225 g/mol. The maximum Gasteiger partial charge on any atom is 0.390 e. The van der Waals surface area contributed by atoms with Crippen molar-refractivity contribution in [2.45, 2.75) is 45.0 Å². The van der Waals surface area contributed by atoms with E-state index in [-0.39, 0.29) is 24.1 Å². The molecule has 0 aromatic heterocycles. The predicted octanol–water partition coefficient (Wildman–Crippen LogP) is 2.34. The number of ether oxygens (including phenoxy) is 1. The molecule has 1 rings (SSSR count). The molecule has 2 atom stereocenters. The zero-order chi connectivity index (χ0) is 11.7. The van der Waals surface area contributed by atoms with Crippen LogP contribution in [0.25, 0.3) is 0 Å². The molecule has 0 spiro atoms. The third-order valence-electron chi connectivity index (χ3n) is 3.26. The lowest BCUT2D eigenvalue weighted by Crippen LogP contribution is -2.60. The van der Waals surface area contributed by atoms with Crippen LogP contribution in [0.2, 0.25) is 0 Å². The predicted molar refractivity (Wildman–Crippen MR) is 51.7 cm³/mol. The number of hydrogen-bond acceptors (Lipinski definition) is 2. The Morgan fingerprint density at radius 1 is 1.40 bits per heavy atom. The van der Waals surface area contributed by atoms with Crippen LogP contribution in [0.1, 0.15) is 26.7 Å². The van der Waals surface area contributed by atoms with Crippen molar-refractivity contribution in [2.75, 3.05) is 13.7 Å². The molecule has 0 heterocycles. The van der Waals surface area contributed by atoms with Gasteiger partial charge in [-0.25, -0.2) is 0 Å². The maximum atomic E-state index is 11.9. The van der Waals surface area contributed by atoms with Crippen LogP contribution < -0.4 is 5.32 Å². The summed E-state index contributed by atoms with van der Waals surface area (Å²) in [5, 5.41) is 2.93. The molecular formula is C10H18F3NO. The number of rotatable bonds is 4. The Morgan fingerprint density at radius 3 is 2.40 bits per heavy atom. The summed E-state index contributed by atoms with van der Waals surface area (Å²) in [6, 6.07) is 0.129. The van der Waals surface area contributed by atoms with Gasteiger partial charge in [0.25, 0.3) is 0 Å². The summed E-state index contributed by atoms with van der Waals surface area (Å²) in [5.41, 5.74) is -0.0691. The van der Waals surface area contributed by atoms with Gasteiger partial charge in [0.15, 0.2) is 0 Å². The highest BCUT2D eigenvalue weighted by molar-refractivity contribution is 5.02. The SMILES string of the molecule is COC1CC(NCCC(F)(F)F)C1(C)C. The highest BCUT2D eigenvalue weighted by Gasteiger charge is 2.48. The van der Waals surface area contributed by atoms with Crippen LogP contribution in [-0.4, -0.2) is 32.0 Å². The van der Waals surface area contributed by atoms with Gasteiger partial charge in [-0.05, 0) is 6.42 Å². The molecule has 2 unspecified atom stereocenters. The minimum atomic E-state index is -4.07. The molecule has 0 aromatic carbocycles. The highest BCUT2D eigenvalue weighted by Crippen LogP contribution is 2.42. The van der Waals surface area contributed by atoms with E-state index < -0.39 is 12.6 Å². The van der Waals surface area contributed by atoms with E-state index in [9.17, 15) is 13.2 Å². The highest BCUT2D eigenvalue weighted by atomic mass is 19.4. The van der Waals surface area contributed by atoms with Crippen molar-refractivity contribution < 1.29 is 17.9 Å². The normalized spacial score (nSPS) is 30.0. The van der Waals surface area contributed by atoms with Gasteiger partial charge in [0.1, 0.15) is 0 Å². The van der Waals surface area contributed by atoms with Gasteiger partial charge in [0, 0.05) is 25.1 Å². The zero-order valence-electron chi connectivity index (χ0n) is 9.32. The van der Waals surface area contributed by atoms with Gasteiger partial charge in [-0.15, -0.1) is 0 Å². The Hall–Kier alpha value is -0.290. The zero-order valence-corrected chi connectivity index (χ0v) is 9.32. The molecule has 1 saturated carbocycles. The summed E-state index contributed by atoms with van der Waals surface area (Å²) in [6.07, 6.45) is -3.89. The number of halogens is 3. The standard InChI is InChI=1S/C10H18F3NO/c1-9(2)7(6-8(9)15-3)14-5-4-10(11,12)13/h7-8,14H,4-6H2,1-3H3. The average Bonchev–Trinajstić information content (AvgIpc) is 2.08. The Balaban J connectivity index is 2.25. The molecule has 0 saturated heterocycles. The first-order valence-electron chi connectivity index (χ1n) is 5.10. The second-order valence-electron chi connectivity index (χ2n) is 4.65. The minimum absolute atomic E-state index is 0.00592. The van der Waals surface area contributed by atoms with E-state index in [0.717, 1.165) is 6.42 Å². The van der Waals surface area contributed by atoms with Crippen molar-refractivity contribution in [3.05, 3.63) is 0 Å². The molecular weight excluding hydrogens is 207 g/mol. The molecule has 0 amide bonds. The minimum Gasteiger partial charge on any atom is -0.381 e. The number of alkyl halides is 3. The molecule has 0 aliphatic heterocycles.